The minimum absolute atomic E-state index is 0.0436. The summed E-state index contributed by atoms with van der Waals surface area (Å²) in [6, 6.07) is 12.7. The lowest BCUT2D eigenvalue weighted by Crippen LogP contribution is -2.49. The minimum Gasteiger partial charge on any atom is -0.493 e. The van der Waals surface area contributed by atoms with Crippen molar-refractivity contribution in [2.75, 3.05) is 26.7 Å². The van der Waals surface area contributed by atoms with Gasteiger partial charge in [-0.25, -0.2) is 4.98 Å². The van der Waals surface area contributed by atoms with Crippen LogP contribution in [0.3, 0.4) is 0 Å². The van der Waals surface area contributed by atoms with E-state index in [1.165, 1.54) is 0 Å². The summed E-state index contributed by atoms with van der Waals surface area (Å²) in [5, 5.41) is 3.05. The molecule has 2 aromatic carbocycles. The van der Waals surface area contributed by atoms with E-state index in [2.05, 4.69) is 15.3 Å². The van der Waals surface area contributed by atoms with Crippen LogP contribution in [0.2, 0.25) is 0 Å². The minimum atomic E-state index is -0.521. The maximum Gasteiger partial charge on any atom is 0.254 e. The third-order valence-corrected chi connectivity index (χ3v) is 8.70. The number of likely N-dealkylation sites (tertiary alicyclic amines) is 1. The first-order chi connectivity index (χ1) is 22.2. The molecule has 1 saturated carbocycles. The van der Waals surface area contributed by atoms with Gasteiger partial charge in [-0.1, -0.05) is 18.2 Å². The van der Waals surface area contributed by atoms with Crippen molar-refractivity contribution < 1.29 is 28.6 Å². The summed E-state index contributed by atoms with van der Waals surface area (Å²) in [6.07, 6.45) is 1.83. The molecule has 1 aliphatic carbocycles. The Bertz CT molecular complexity index is 1700. The Labute approximate surface area is 267 Å². The number of fused-ring (bicyclic) bond motifs is 9. The number of aryl methyl sites for hydroxylation is 3. The third-order valence-electron chi connectivity index (χ3n) is 8.70. The van der Waals surface area contributed by atoms with Gasteiger partial charge in [-0.2, -0.15) is 0 Å². The summed E-state index contributed by atoms with van der Waals surface area (Å²) < 4.78 is 18.1. The second kappa shape index (κ2) is 13.3. The Balaban J connectivity index is 1.25. The van der Waals surface area contributed by atoms with Crippen molar-refractivity contribution in [3.63, 3.8) is 0 Å². The third kappa shape index (κ3) is 7.23. The number of benzene rings is 2. The number of aromatic amines is 1. The largest absolute Gasteiger partial charge is 0.493 e. The Morgan fingerprint density at radius 1 is 1.04 bits per heavy atom. The highest BCUT2D eigenvalue weighted by molar-refractivity contribution is 5.86. The quantitative estimate of drug-likeness (QED) is 0.449. The fourth-order valence-electron chi connectivity index (χ4n) is 6.10. The molecular formula is C34H39N5O7. The number of rotatable bonds is 4. The molecule has 12 nitrogen and oxygen atoms in total. The standard InChI is InChI=1S/C34H39N5O7/c1-20-26(34(43)36-21(2)35-20)15-33(42)38-16-27-30(17-38)45-19-23-5-4-6-25(13-23)46-28-11-7-22(14-29(28)44-3)8-12-32(41)39(24-9-10-24)18-31(40)37-27/h4-7,11,13-14,24,27,30H,8-10,12,15-19H2,1-3H3,(H,37,40)(H,35,36,43)/t27-,30-/m0/s1. The molecule has 46 heavy (non-hydrogen) atoms. The number of carbonyl (C=O) groups is 3. The molecule has 1 aromatic heterocycles. The molecule has 3 aliphatic heterocycles. The van der Waals surface area contributed by atoms with E-state index < -0.39 is 12.1 Å². The van der Waals surface area contributed by atoms with Crippen LogP contribution in [0.5, 0.6) is 17.2 Å². The van der Waals surface area contributed by atoms with Gasteiger partial charge >= 0.3 is 0 Å². The fraction of sp³-hybridized carbons (Fsp3) is 0.441. The molecule has 2 atom stereocenters. The monoisotopic (exact) mass is 629 g/mol. The predicted molar refractivity (Wildman–Crippen MR) is 168 cm³/mol. The molecule has 4 aliphatic rings. The van der Waals surface area contributed by atoms with Crippen molar-refractivity contribution in [1.82, 2.24) is 25.1 Å². The van der Waals surface area contributed by atoms with Gasteiger partial charge < -0.3 is 34.3 Å². The van der Waals surface area contributed by atoms with Crippen LogP contribution in [0, 0.1) is 13.8 Å². The fourth-order valence-corrected chi connectivity index (χ4v) is 6.10. The maximum atomic E-state index is 13.4. The van der Waals surface area contributed by atoms with Crippen LogP contribution in [0.1, 0.15) is 47.5 Å². The lowest BCUT2D eigenvalue weighted by Gasteiger charge is -2.25. The lowest BCUT2D eigenvalue weighted by atomic mass is 10.1. The Hall–Kier alpha value is -4.71. The van der Waals surface area contributed by atoms with Gasteiger partial charge in [0.2, 0.25) is 17.7 Å². The van der Waals surface area contributed by atoms with Gasteiger partial charge in [-0.15, -0.1) is 0 Å². The summed E-state index contributed by atoms with van der Waals surface area (Å²) in [4.78, 5) is 63.0. The first-order valence-corrected chi connectivity index (χ1v) is 15.6. The molecule has 12 heteroatoms. The van der Waals surface area contributed by atoms with Crippen molar-refractivity contribution in [2.45, 2.75) is 70.7 Å². The zero-order chi connectivity index (χ0) is 32.4. The van der Waals surface area contributed by atoms with Crippen molar-refractivity contribution in [3.8, 4) is 17.2 Å². The number of nitrogens with one attached hydrogen (secondary N) is 2. The summed E-state index contributed by atoms with van der Waals surface area (Å²) in [7, 11) is 1.58. The molecule has 1 saturated heterocycles. The molecule has 2 fully saturated rings. The molecule has 242 valence electrons. The molecule has 7 rings (SSSR count). The Morgan fingerprint density at radius 3 is 2.63 bits per heavy atom. The van der Waals surface area contributed by atoms with E-state index in [9.17, 15) is 19.2 Å². The number of H-pyrrole nitrogens is 1. The molecule has 0 spiro atoms. The topological polar surface area (TPSA) is 143 Å². The van der Waals surface area contributed by atoms with Crippen LogP contribution in [-0.2, 0) is 38.6 Å². The van der Waals surface area contributed by atoms with Crippen LogP contribution < -0.4 is 20.3 Å². The second-order valence-electron chi connectivity index (χ2n) is 12.2. The molecule has 3 aromatic rings. The SMILES string of the molecule is COc1cc2ccc1Oc1cccc(c1)CO[C@H]1CN(C(=O)Cc3c(C)nc(C)[nH]c3=O)C[C@@H]1NC(=O)CN(C1CC1)C(=O)CC2. The van der Waals surface area contributed by atoms with E-state index in [1.807, 2.05) is 42.5 Å². The molecule has 4 bridgehead atoms. The number of aromatic nitrogens is 2. The summed E-state index contributed by atoms with van der Waals surface area (Å²) in [5.41, 5.74) is 2.26. The second-order valence-corrected chi connectivity index (χ2v) is 12.2. The smallest absolute Gasteiger partial charge is 0.254 e. The van der Waals surface area contributed by atoms with Crippen LogP contribution >= 0.6 is 0 Å². The van der Waals surface area contributed by atoms with E-state index >= 15 is 0 Å². The number of hydrogen-bond acceptors (Lipinski definition) is 8. The van der Waals surface area contributed by atoms with Gasteiger partial charge in [0.1, 0.15) is 11.6 Å². The van der Waals surface area contributed by atoms with Crippen LogP contribution in [-0.4, -0.2) is 82.4 Å². The van der Waals surface area contributed by atoms with Gasteiger partial charge in [0.05, 0.1) is 38.8 Å². The molecular weight excluding hydrogens is 590 g/mol. The molecule has 2 N–H and O–H groups in total. The van der Waals surface area contributed by atoms with Crippen LogP contribution in [0.25, 0.3) is 0 Å². The molecule has 0 unspecified atom stereocenters. The summed E-state index contributed by atoms with van der Waals surface area (Å²) >= 11 is 0. The first-order valence-electron chi connectivity index (χ1n) is 15.6. The van der Waals surface area contributed by atoms with Crippen molar-refractivity contribution >= 4 is 17.7 Å². The number of methoxy groups -OCH3 is 1. The van der Waals surface area contributed by atoms with Gasteiger partial charge in [0.15, 0.2) is 11.5 Å². The maximum absolute atomic E-state index is 13.4. The van der Waals surface area contributed by atoms with E-state index in [-0.39, 0.29) is 68.4 Å². The van der Waals surface area contributed by atoms with Crippen molar-refractivity contribution in [3.05, 3.63) is 81.0 Å². The average molecular weight is 630 g/mol. The van der Waals surface area contributed by atoms with Crippen molar-refractivity contribution in [2.24, 2.45) is 0 Å². The highest BCUT2D eigenvalue weighted by Gasteiger charge is 2.39. The zero-order valence-electron chi connectivity index (χ0n) is 26.3. The average Bonchev–Trinajstić information content (AvgIpc) is 3.79. The number of ether oxygens (including phenoxy) is 3. The van der Waals surface area contributed by atoms with Gasteiger partial charge in [0, 0.05) is 36.8 Å². The summed E-state index contributed by atoms with van der Waals surface area (Å²) in [6.45, 7) is 3.98. The van der Waals surface area contributed by atoms with E-state index in [4.69, 9.17) is 14.2 Å². The van der Waals surface area contributed by atoms with Crippen molar-refractivity contribution in [1.29, 1.82) is 0 Å². The van der Waals surface area contributed by atoms with E-state index in [1.54, 1.807) is 30.8 Å². The first kappa shape index (κ1) is 31.3. The number of hydrogen-bond donors (Lipinski definition) is 2. The number of carbonyl (C=O) groups excluding carboxylic acids is 3. The normalized spacial score (nSPS) is 20.7. The van der Waals surface area contributed by atoms with Crippen LogP contribution in [0.4, 0.5) is 0 Å². The summed E-state index contributed by atoms with van der Waals surface area (Å²) in [5.74, 6) is 1.53. The highest BCUT2D eigenvalue weighted by atomic mass is 16.5. The number of amides is 3. The predicted octanol–water partition coefficient (Wildman–Crippen LogP) is 2.58. The highest BCUT2D eigenvalue weighted by Crippen LogP contribution is 2.34. The van der Waals surface area contributed by atoms with Gasteiger partial charge in [0.25, 0.3) is 5.56 Å². The molecule has 3 amide bonds. The molecule has 4 heterocycles. The number of nitrogens with zero attached hydrogens (tertiary/aromatic N) is 3. The van der Waals surface area contributed by atoms with Gasteiger partial charge in [-0.3, -0.25) is 19.2 Å². The Morgan fingerprint density at radius 2 is 1.87 bits per heavy atom. The van der Waals surface area contributed by atoms with Gasteiger partial charge in [-0.05, 0) is 68.5 Å². The molecule has 0 radical (unpaired) electrons. The van der Waals surface area contributed by atoms with Crippen LogP contribution in [0.15, 0.2) is 47.3 Å². The van der Waals surface area contributed by atoms with E-state index in [0.717, 1.165) is 24.0 Å². The Kier molecular flexibility index (Phi) is 9.07. The lowest BCUT2D eigenvalue weighted by molar-refractivity contribution is -0.137. The zero-order valence-corrected chi connectivity index (χ0v) is 26.3. The van der Waals surface area contributed by atoms with E-state index in [0.29, 0.717) is 40.8 Å².